The summed E-state index contributed by atoms with van der Waals surface area (Å²) in [6, 6.07) is 20.4. The Balaban J connectivity index is 1.12. The number of carbonyl (C=O) groups excluding carboxylic acids is 2. The summed E-state index contributed by atoms with van der Waals surface area (Å²) in [4.78, 5) is 28.4. The summed E-state index contributed by atoms with van der Waals surface area (Å²) >= 11 is 1.19. The zero-order valence-electron chi connectivity index (χ0n) is 22.6. The molecule has 1 saturated carbocycles. The maximum Gasteiger partial charge on any atom is 0.259 e. The van der Waals surface area contributed by atoms with Crippen LogP contribution in [0, 0.1) is 5.92 Å². The van der Waals surface area contributed by atoms with Crippen LogP contribution in [-0.4, -0.2) is 39.9 Å². The summed E-state index contributed by atoms with van der Waals surface area (Å²) in [5, 5.41) is 6.54. The third-order valence-electron chi connectivity index (χ3n) is 8.01. The molecule has 3 aromatic carbocycles. The SMILES string of the molecule is COc1ccc(CCN2C(=O)c3cccc4c(NC(=O)[C@H]5CC[C@@H](NS(=O)(=O)c6cccs6)CC5)ccc2c34)cc1. The molecule has 0 bridgehead atoms. The van der Waals surface area contributed by atoms with Gasteiger partial charge in [-0.15, -0.1) is 11.3 Å². The van der Waals surface area contributed by atoms with Crippen LogP contribution in [0.15, 0.2) is 76.3 Å². The summed E-state index contributed by atoms with van der Waals surface area (Å²) in [5.74, 6) is 0.476. The molecule has 10 heteroatoms. The minimum Gasteiger partial charge on any atom is -0.497 e. The lowest BCUT2D eigenvalue weighted by atomic mass is 9.86. The molecule has 41 heavy (non-hydrogen) atoms. The molecule has 2 amide bonds. The Bertz CT molecular complexity index is 1690. The summed E-state index contributed by atoms with van der Waals surface area (Å²) in [6.45, 7) is 0.542. The number of hydrogen-bond donors (Lipinski definition) is 2. The fourth-order valence-electron chi connectivity index (χ4n) is 5.81. The van der Waals surface area contributed by atoms with E-state index in [2.05, 4.69) is 10.0 Å². The van der Waals surface area contributed by atoms with Crippen molar-refractivity contribution in [2.75, 3.05) is 23.9 Å². The number of ether oxygens (including phenoxy) is 1. The lowest BCUT2D eigenvalue weighted by molar-refractivity contribution is -0.120. The molecule has 2 aliphatic rings. The molecule has 1 aromatic heterocycles. The average Bonchev–Trinajstić information content (AvgIpc) is 3.63. The van der Waals surface area contributed by atoms with Gasteiger partial charge in [0, 0.05) is 40.5 Å². The van der Waals surface area contributed by atoms with E-state index in [0.29, 0.717) is 54.1 Å². The average molecular weight is 590 g/mol. The Morgan fingerprint density at radius 1 is 1.00 bits per heavy atom. The molecule has 4 aromatic rings. The first-order valence-corrected chi connectivity index (χ1v) is 16.1. The molecule has 0 spiro atoms. The summed E-state index contributed by atoms with van der Waals surface area (Å²) < 4.78 is 33.5. The maximum atomic E-state index is 13.4. The molecule has 0 saturated heterocycles. The van der Waals surface area contributed by atoms with E-state index in [1.165, 1.54) is 11.3 Å². The number of amides is 2. The number of rotatable bonds is 9. The van der Waals surface area contributed by atoms with Gasteiger partial charge in [0.15, 0.2) is 0 Å². The Labute approximate surface area is 243 Å². The molecule has 2 heterocycles. The quantitative estimate of drug-likeness (QED) is 0.265. The Hall–Kier alpha value is -3.73. The van der Waals surface area contributed by atoms with Crippen molar-refractivity contribution in [1.82, 2.24) is 4.72 Å². The van der Waals surface area contributed by atoms with Gasteiger partial charge in [-0.25, -0.2) is 13.1 Å². The normalized spacial score (nSPS) is 18.6. The summed E-state index contributed by atoms with van der Waals surface area (Å²) in [5.41, 5.74) is 3.29. The Kier molecular flexibility index (Phi) is 7.54. The second-order valence-electron chi connectivity index (χ2n) is 10.5. The van der Waals surface area contributed by atoms with Gasteiger partial charge in [-0.3, -0.25) is 9.59 Å². The van der Waals surface area contributed by atoms with Crippen molar-refractivity contribution >= 4 is 55.3 Å². The number of methoxy groups -OCH3 is 1. The van der Waals surface area contributed by atoms with Crippen molar-refractivity contribution < 1.29 is 22.7 Å². The standard InChI is InChI=1S/C31H31N3O5S2/c1-39-23-13-7-20(8-14-23)17-18-34-27-16-15-26(24-4-2-5-25(29(24)27)31(34)36)32-30(35)21-9-11-22(12-10-21)33-41(37,38)28-6-3-19-40-28/h2-8,13-16,19,21-22,33H,9-12,17-18H2,1H3,(H,32,35)/t21-,22+. The van der Waals surface area contributed by atoms with Gasteiger partial charge in [-0.2, -0.15) is 0 Å². The third-order valence-corrected chi connectivity index (χ3v) is 10.9. The van der Waals surface area contributed by atoms with Gasteiger partial charge >= 0.3 is 0 Å². The third kappa shape index (κ3) is 5.47. The first kappa shape index (κ1) is 27.4. The van der Waals surface area contributed by atoms with E-state index >= 15 is 0 Å². The van der Waals surface area contributed by atoms with E-state index in [9.17, 15) is 18.0 Å². The number of thiophene rings is 1. The zero-order chi connectivity index (χ0) is 28.6. The molecule has 1 aliphatic heterocycles. The van der Waals surface area contributed by atoms with E-state index in [-0.39, 0.29) is 23.8 Å². The second-order valence-corrected chi connectivity index (χ2v) is 13.4. The highest BCUT2D eigenvalue weighted by Gasteiger charge is 2.32. The Morgan fingerprint density at radius 2 is 1.78 bits per heavy atom. The van der Waals surface area contributed by atoms with Crippen molar-refractivity contribution in [3.05, 3.63) is 83.2 Å². The number of hydrogen-bond acceptors (Lipinski definition) is 6. The van der Waals surface area contributed by atoms with Gasteiger partial charge in [-0.05, 0) is 79.4 Å². The number of benzene rings is 3. The Morgan fingerprint density at radius 3 is 2.49 bits per heavy atom. The number of nitrogens with one attached hydrogen (secondary N) is 2. The van der Waals surface area contributed by atoms with E-state index in [1.54, 1.807) is 24.6 Å². The van der Waals surface area contributed by atoms with Crippen LogP contribution >= 0.6 is 11.3 Å². The van der Waals surface area contributed by atoms with Crippen LogP contribution in [0.1, 0.15) is 41.6 Å². The molecule has 1 fully saturated rings. The van der Waals surface area contributed by atoms with Gasteiger partial charge in [0.2, 0.25) is 15.9 Å². The van der Waals surface area contributed by atoms with Gasteiger partial charge in [0.25, 0.3) is 5.91 Å². The molecule has 0 radical (unpaired) electrons. The lowest BCUT2D eigenvalue weighted by Crippen LogP contribution is -2.39. The predicted octanol–water partition coefficient (Wildman–Crippen LogP) is 5.59. The maximum absolute atomic E-state index is 13.4. The monoisotopic (exact) mass is 589 g/mol. The van der Waals surface area contributed by atoms with E-state index < -0.39 is 10.0 Å². The number of anilines is 2. The topological polar surface area (TPSA) is 105 Å². The molecular weight excluding hydrogens is 558 g/mol. The van der Waals surface area contributed by atoms with Gasteiger partial charge in [0.05, 0.1) is 12.8 Å². The molecule has 2 N–H and O–H groups in total. The van der Waals surface area contributed by atoms with Crippen molar-refractivity contribution in [1.29, 1.82) is 0 Å². The molecular formula is C31H31N3O5S2. The van der Waals surface area contributed by atoms with Crippen LogP contribution in [0.4, 0.5) is 11.4 Å². The molecule has 6 rings (SSSR count). The minimum absolute atomic E-state index is 0.0362. The van der Waals surface area contributed by atoms with Crippen molar-refractivity contribution in [2.24, 2.45) is 5.92 Å². The molecule has 212 valence electrons. The van der Waals surface area contributed by atoms with E-state index in [0.717, 1.165) is 27.8 Å². The zero-order valence-corrected chi connectivity index (χ0v) is 24.3. The largest absolute Gasteiger partial charge is 0.497 e. The van der Waals surface area contributed by atoms with E-state index in [4.69, 9.17) is 4.74 Å². The van der Waals surface area contributed by atoms with Crippen LogP contribution in [0.3, 0.4) is 0 Å². The smallest absolute Gasteiger partial charge is 0.259 e. The first-order valence-electron chi connectivity index (χ1n) is 13.7. The van der Waals surface area contributed by atoms with Gasteiger partial charge in [-0.1, -0.05) is 30.3 Å². The van der Waals surface area contributed by atoms with Gasteiger partial charge < -0.3 is 15.0 Å². The summed E-state index contributed by atoms with van der Waals surface area (Å²) in [7, 11) is -1.89. The van der Waals surface area contributed by atoms with Crippen LogP contribution in [0.5, 0.6) is 5.75 Å². The van der Waals surface area contributed by atoms with Gasteiger partial charge in [0.1, 0.15) is 9.96 Å². The fraction of sp³-hybridized carbons (Fsp3) is 0.290. The number of nitrogens with zero attached hydrogens (tertiary/aromatic N) is 1. The highest BCUT2D eigenvalue weighted by atomic mass is 32.2. The fourth-order valence-corrected chi connectivity index (χ4v) is 8.13. The first-order chi connectivity index (χ1) is 19.8. The van der Waals surface area contributed by atoms with Crippen LogP contribution in [-0.2, 0) is 21.2 Å². The minimum atomic E-state index is -3.53. The van der Waals surface area contributed by atoms with E-state index in [1.807, 2.05) is 59.5 Å². The van der Waals surface area contributed by atoms with Crippen molar-refractivity contribution in [3.63, 3.8) is 0 Å². The molecule has 8 nitrogen and oxygen atoms in total. The van der Waals surface area contributed by atoms with Crippen molar-refractivity contribution in [3.8, 4) is 5.75 Å². The predicted molar refractivity (Wildman–Crippen MR) is 161 cm³/mol. The summed E-state index contributed by atoms with van der Waals surface area (Å²) in [6.07, 6.45) is 3.11. The molecule has 0 atom stereocenters. The highest BCUT2D eigenvalue weighted by Crippen LogP contribution is 2.41. The highest BCUT2D eigenvalue weighted by molar-refractivity contribution is 7.91. The number of carbonyl (C=O) groups is 2. The second kappa shape index (κ2) is 11.3. The molecule has 0 unspecified atom stereocenters. The van der Waals surface area contributed by atoms with Crippen molar-refractivity contribution in [2.45, 2.75) is 42.4 Å². The van der Waals surface area contributed by atoms with Crippen LogP contribution < -0.4 is 19.7 Å². The van der Waals surface area contributed by atoms with Crippen LogP contribution in [0.2, 0.25) is 0 Å². The number of sulfonamides is 1. The molecule has 1 aliphatic carbocycles. The lowest BCUT2D eigenvalue weighted by Gasteiger charge is -2.28. The van der Waals surface area contributed by atoms with Crippen LogP contribution in [0.25, 0.3) is 10.8 Å².